The number of hydrogen-bond donors (Lipinski definition) is 0. The minimum Gasteiger partial charge on any atom is -0.310 e. The van der Waals surface area contributed by atoms with Crippen LogP contribution < -0.4 is 9.80 Å². The largest absolute Gasteiger partial charge is 0.310 e. The Morgan fingerprint density at radius 2 is 0.483 bits per heavy atom. The lowest BCUT2D eigenvalue weighted by Crippen LogP contribution is -2.10. The van der Waals surface area contributed by atoms with Crippen LogP contribution in [0.4, 0.5) is 34.1 Å². The first-order chi connectivity index (χ1) is 29.7. The van der Waals surface area contributed by atoms with Crippen LogP contribution in [-0.4, -0.2) is 9.97 Å². The molecule has 10 aromatic carbocycles. The van der Waals surface area contributed by atoms with Crippen LogP contribution >= 0.6 is 0 Å². The van der Waals surface area contributed by atoms with E-state index in [0.29, 0.717) is 0 Å². The van der Waals surface area contributed by atoms with E-state index in [2.05, 4.69) is 228 Å². The van der Waals surface area contributed by atoms with Crippen molar-refractivity contribution in [3.05, 3.63) is 231 Å². The fourth-order valence-electron chi connectivity index (χ4n) is 8.45. The van der Waals surface area contributed by atoms with Crippen LogP contribution in [-0.2, 0) is 0 Å². The molecule has 0 aliphatic rings. The predicted octanol–water partition coefficient (Wildman–Crippen LogP) is 15.4. The van der Waals surface area contributed by atoms with Gasteiger partial charge in [0, 0.05) is 57.6 Å². The quantitative estimate of drug-likeness (QED) is 0.154. The van der Waals surface area contributed by atoms with Crippen LogP contribution in [0.5, 0.6) is 0 Å². The highest BCUT2D eigenvalue weighted by Crippen LogP contribution is 2.41. The van der Waals surface area contributed by atoms with Crippen molar-refractivity contribution in [2.24, 2.45) is 0 Å². The summed E-state index contributed by atoms with van der Waals surface area (Å²) in [5.74, 6) is 0. The minimum atomic E-state index is 0.834. The second kappa shape index (κ2) is 15.0. The molecular formula is C56H38N4. The summed E-state index contributed by atoms with van der Waals surface area (Å²) < 4.78 is 0. The number of rotatable bonds is 8. The summed E-state index contributed by atoms with van der Waals surface area (Å²) in [6.45, 7) is 0. The molecule has 0 N–H and O–H groups in total. The normalized spacial score (nSPS) is 11.3. The van der Waals surface area contributed by atoms with Gasteiger partial charge in [-0.15, -0.1) is 0 Å². The van der Waals surface area contributed by atoms with Crippen molar-refractivity contribution in [3.63, 3.8) is 0 Å². The van der Waals surface area contributed by atoms with Crippen molar-refractivity contribution in [3.8, 4) is 22.5 Å². The molecule has 0 bridgehead atoms. The Balaban J connectivity index is 0.958. The average Bonchev–Trinajstić information content (AvgIpc) is 3.32. The van der Waals surface area contributed by atoms with Crippen LogP contribution in [0.3, 0.4) is 0 Å². The van der Waals surface area contributed by atoms with Gasteiger partial charge in [-0.05, 0) is 116 Å². The SMILES string of the molecule is c1ccc2cc(N(c3ccc(-c4nccnc4-c4ccc(N(c5ccc6ccccc6c5)c5ccc6ccccc6c5)cc4)cc3)c3ccc4ccccc4c3)ccc2c1. The highest BCUT2D eigenvalue weighted by molar-refractivity contribution is 5.95. The van der Waals surface area contributed by atoms with E-state index in [1.165, 1.54) is 43.1 Å². The van der Waals surface area contributed by atoms with E-state index in [-0.39, 0.29) is 0 Å². The molecule has 0 saturated carbocycles. The summed E-state index contributed by atoms with van der Waals surface area (Å²) in [5, 5.41) is 9.66. The molecule has 0 spiro atoms. The summed E-state index contributed by atoms with van der Waals surface area (Å²) in [5.41, 5.74) is 10.2. The van der Waals surface area contributed by atoms with E-state index < -0.39 is 0 Å². The predicted molar refractivity (Wildman–Crippen MR) is 252 cm³/mol. The molecule has 0 aliphatic heterocycles. The first-order valence-corrected chi connectivity index (χ1v) is 20.3. The van der Waals surface area contributed by atoms with E-state index in [4.69, 9.17) is 9.97 Å². The van der Waals surface area contributed by atoms with Crippen molar-refractivity contribution in [2.75, 3.05) is 9.80 Å². The molecule has 60 heavy (non-hydrogen) atoms. The summed E-state index contributed by atoms with van der Waals surface area (Å²) in [6, 6.07) is 78.2. The topological polar surface area (TPSA) is 32.3 Å². The maximum absolute atomic E-state index is 4.91. The molecule has 0 unspecified atom stereocenters. The highest BCUT2D eigenvalue weighted by atomic mass is 15.1. The fraction of sp³-hybridized carbons (Fsp3) is 0. The molecule has 4 heteroatoms. The lowest BCUT2D eigenvalue weighted by molar-refractivity contribution is 1.21. The fourth-order valence-corrected chi connectivity index (χ4v) is 8.45. The molecule has 1 heterocycles. The molecule has 0 fully saturated rings. The smallest absolute Gasteiger partial charge is 0.0965 e. The van der Waals surface area contributed by atoms with Gasteiger partial charge in [-0.3, -0.25) is 9.97 Å². The van der Waals surface area contributed by atoms with Gasteiger partial charge in [0.1, 0.15) is 0 Å². The van der Waals surface area contributed by atoms with Gasteiger partial charge in [0.15, 0.2) is 0 Å². The first kappa shape index (κ1) is 35.1. The third-order valence-corrected chi connectivity index (χ3v) is 11.5. The summed E-state index contributed by atoms with van der Waals surface area (Å²) in [7, 11) is 0. The van der Waals surface area contributed by atoms with E-state index in [1.54, 1.807) is 12.4 Å². The Hall–Kier alpha value is -8.08. The van der Waals surface area contributed by atoms with Gasteiger partial charge in [0.05, 0.1) is 11.4 Å². The third kappa shape index (κ3) is 6.56. The minimum absolute atomic E-state index is 0.834. The summed E-state index contributed by atoms with van der Waals surface area (Å²) >= 11 is 0. The molecule has 4 nitrogen and oxygen atoms in total. The van der Waals surface area contributed by atoms with Crippen molar-refractivity contribution >= 4 is 77.2 Å². The number of anilines is 6. The Labute approximate surface area is 348 Å². The van der Waals surface area contributed by atoms with Crippen LogP contribution in [0.2, 0.25) is 0 Å². The van der Waals surface area contributed by atoms with Crippen molar-refractivity contribution in [2.45, 2.75) is 0 Å². The maximum Gasteiger partial charge on any atom is 0.0965 e. The molecule has 11 aromatic rings. The average molecular weight is 767 g/mol. The van der Waals surface area contributed by atoms with Crippen LogP contribution in [0.15, 0.2) is 231 Å². The standard InChI is InChI=1S/C56H38N4/c1-5-13-45-35-51(29-17-39(45)9-1)59(52-30-18-40-10-2-6-14-46(40)36-52)49-25-21-43(22-26-49)55-56(58-34-33-57-55)44-23-27-50(28-24-44)60(53-31-19-41-11-3-7-15-47(41)37-53)54-32-20-42-12-4-8-16-48(42)38-54/h1-38H. The number of hydrogen-bond acceptors (Lipinski definition) is 4. The highest BCUT2D eigenvalue weighted by Gasteiger charge is 2.18. The van der Waals surface area contributed by atoms with Gasteiger partial charge in [0.25, 0.3) is 0 Å². The van der Waals surface area contributed by atoms with Gasteiger partial charge in [-0.1, -0.05) is 146 Å². The zero-order valence-electron chi connectivity index (χ0n) is 32.7. The van der Waals surface area contributed by atoms with Gasteiger partial charge in [0.2, 0.25) is 0 Å². The van der Waals surface area contributed by atoms with Crippen LogP contribution in [0.1, 0.15) is 0 Å². The maximum atomic E-state index is 4.91. The van der Waals surface area contributed by atoms with E-state index in [9.17, 15) is 0 Å². The van der Waals surface area contributed by atoms with E-state index in [0.717, 1.165) is 56.6 Å². The zero-order valence-corrected chi connectivity index (χ0v) is 32.7. The van der Waals surface area contributed by atoms with Gasteiger partial charge in [-0.2, -0.15) is 0 Å². The molecule has 282 valence electrons. The Morgan fingerprint density at radius 3 is 0.767 bits per heavy atom. The number of fused-ring (bicyclic) bond motifs is 4. The van der Waals surface area contributed by atoms with Gasteiger partial charge >= 0.3 is 0 Å². The van der Waals surface area contributed by atoms with Gasteiger partial charge < -0.3 is 9.80 Å². The Kier molecular flexibility index (Phi) is 8.79. The van der Waals surface area contributed by atoms with E-state index in [1.807, 2.05) is 0 Å². The van der Waals surface area contributed by atoms with Crippen molar-refractivity contribution < 1.29 is 0 Å². The van der Waals surface area contributed by atoms with Crippen LogP contribution in [0, 0.1) is 0 Å². The molecule has 0 radical (unpaired) electrons. The van der Waals surface area contributed by atoms with Gasteiger partial charge in [-0.25, -0.2) is 0 Å². The lowest BCUT2D eigenvalue weighted by atomic mass is 10.0. The molecule has 0 atom stereocenters. The zero-order chi connectivity index (χ0) is 39.8. The summed E-state index contributed by atoms with van der Waals surface area (Å²) in [4.78, 5) is 14.5. The molecule has 0 saturated heterocycles. The third-order valence-electron chi connectivity index (χ3n) is 11.5. The molecular weight excluding hydrogens is 729 g/mol. The molecule has 11 rings (SSSR count). The molecule has 0 aliphatic carbocycles. The number of benzene rings is 10. The summed E-state index contributed by atoms with van der Waals surface area (Å²) in [6.07, 6.45) is 3.55. The number of nitrogens with zero attached hydrogens (tertiary/aromatic N) is 4. The van der Waals surface area contributed by atoms with Crippen molar-refractivity contribution in [1.29, 1.82) is 0 Å². The Bertz CT molecular complexity index is 2950. The van der Waals surface area contributed by atoms with E-state index >= 15 is 0 Å². The Morgan fingerprint density at radius 1 is 0.233 bits per heavy atom. The van der Waals surface area contributed by atoms with Crippen LogP contribution in [0.25, 0.3) is 65.6 Å². The second-order valence-electron chi connectivity index (χ2n) is 15.1. The number of aromatic nitrogens is 2. The second-order valence-corrected chi connectivity index (χ2v) is 15.1. The first-order valence-electron chi connectivity index (χ1n) is 20.3. The molecule has 0 amide bonds. The van der Waals surface area contributed by atoms with Crippen molar-refractivity contribution in [1.82, 2.24) is 9.97 Å². The monoisotopic (exact) mass is 766 g/mol. The lowest BCUT2D eigenvalue weighted by Gasteiger charge is -2.26. The molecule has 1 aromatic heterocycles.